The van der Waals surface area contributed by atoms with E-state index in [9.17, 15) is 9.59 Å². The highest BCUT2D eigenvalue weighted by Crippen LogP contribution is 2.22. The summed E-state index contributed by atoms with van der Waals surface area (Å²) in [6, 6.07) is 12.0. The molecule has 2 heterocycles. The molecule has 0 aliphatic carbocycles. The van der Waals surface area contributed by atoms with Crippen LogP contribution in [-0.4, -0.2) is 31.4 Å². The van der Waals surface area contributed by atoms with Gasteiger partial charge in [-0.2, -0.15) is 0 Å². The lowest BCUT2D eigenvalue weighted by molar-refractivity contribution is -0.886. The topological polar surface area (TPSA) is 76.6 Å². The average molecular weight is 342 g/mol. The number of anilines is 1. The first-order valence-electron chi connectivity index (χ1n) is 7.88. The molecule has 0 fully saturated rings. The number of rotatable bonds is 5. The Balaban J connectivity index is 1.56. The highest BCUT2D eigenvalue weighted by Gasteiger charge is 2.20. The van der Waals surface area contributed by atoms with E-state index in [1.165, 1.54) is 27.4 Å². The van der Waals surface area contributed by atoms with Gasteiger partial charge in [0.15, 0.2) is 6.54 Å². The van der Waals surface area contributed by atoms with Crippen molar-refractivity contribution in [2.45, 2.75) is 6.42 Å². The van der Waals surface area contributed by atoms with Crippen LogP contribution in [-0.2, 0) is 4.79 Å². The summed E-state index contributed by atoms with van der Waals surface area (Å²) in [5.41, 5.74) is 8.26. The maximum absolute atomic E-state index is 12.2. The summed E-state index contributed by atoms with van der Waals surface area (Å²) < 4.78 is 0. The van der Waals surface area contributed by atoms with Crippen molar-refractivity contribution in [1.82, 2.24) is 0 Å². The van der Waals surface area contributed by atoms with Gasteiger partial charge in [0, 0.05) is 6.42 Å². The fraction of sp³-hybridized carbons (Fsp3) is 0.222. The van der Waals surface area contributed by atoms with Crippen LogP contribution in [0.15, 0.2) is 47.9 Å². The number of benzene rings is 1. The van der Waals surface area contributed by atoms with E-state index >= 15 is 0 Å². The zero-order valence-corrected chi connectivity index (χ0v) is 14.1. The third kappa shape index (κ3) is 3.90. The highest BCUT2D eigenvalue weighted by molar-refractivity contribution is 7.14. The Labute approximate surface area is 144 Å². The third-order valence-corrected chi connectivity index (χ3v) is 4.95. The van der Waals surface area contributed by atoms with Gasteiger partial charge < -0.3 is 16.0 Å². The van der Waals surface area contributed by atoms with Gasteiger partial charge >= 0.3 is 0 Å². The molecule has 0 radical (unpaired) electrons. The van der Waals surface area contributed by atoms with E-state index in [0.29, 0.717) is 17.1 Å². The predicted octanol–water partition coefficient (Wildman–Crippen LogP) is 1.16. The Morgan fingerprint density at radius 3 is 2.67 bits per heavy atom. The monoisotopic (exact) mass is 342 g/mol. The number of thiophene rings is 1. The van der Waals surface area contributed by atoms with Gasteiger partial charge in [0.1, 0.15) is 5.00 Å². The number of nitrogens with one attached hydrogen (secondary N) is 2. The van der Waals surface area contributed by atoms with E-state index in [4.69, 9.17) is 5.73 Å². The molecule has 2 aromatic rings. The number of quaternary nitrogens is 1. The van der Waals surface area contributed by atoms with E-state index in [2.05, 4.69) is 23.5 Å². The van der Waals surface area contributed by atoms with Crippen molar-refractivity contribution in [2.75, 3.05) is 25.0 Å². The second-order valence-corrected chi connectivity index (χ2v) is 6.72. The van der Waals surface area contributed by atoms with Crippen molar-refractivity contribution < 1.29 is 14.5 Å². The lowest BCUT2D eigenvalue weighted by Gasteiger charge is -2.23. The number of hydrogen-bond acceptors (Lipinski definition) is 3. The first-order valence-corrected chi connectivity index (χ1v) is 8.76. The van der Waals surface area contributed by atoms with Crippen LogP contribution in [0.4, 0.5) is 5.00 Å². The fourth-order valence-electron chi connectivity index (χ4n) is 2.86. The smallest absolute Gasteiger partial charge is 0.280 e. The van der Waals surface area contributed by atoms with Gasteiger partial charge in [0.05, 0.1) is 18.7 Å². The summed E-state index contributed by atoms with van der Waals surface area (Å²) in [6.07, 6.45) is 3.17. The normalized spacial score (nSPS) is 17.2. The molecule has 124 valence electrons. The average Bonchev–Trinajstić information content (AvgIpc) is 3.04. The van der Waals surface area contributed by atoms with E-state index in [0.717, 1.165) is 19.5 Å². The summed E-state index contributed by atoms with van der Waals surface area (Å²) in [7, 11) is 0. The molecule has 0 spiro atoms. The first kappa shape index (κ1) is 16.4. The number of carbonyl (C=O) groups is 2. The molecule has 1 aromatic carbocycles. The molecule has 3 rings (SSSR count). The molecule has 1 unspecified atom stereocenters. The third-order valence-electron chi connectivity index (χ3n) is 4.12. The van der Waals surface area contributed by atoms with Crippen molar-refractivity contribution in [3.8, 4) is 0 Å². The van der Waals surface area contributed by atoms with Crippen LogP contribution in [0.2, 0.25) is 0 Å². The quantitative estimate of drug-likeness (QED) is 0.762. The second-order valence-electron chi connectivity index (χ2n) is 5.80. The zero-order chi connectivity index (χ0) is 16.9. The molecule has 2 amide bonds. The van der Waals surface area contributed by atoms with Crippen molar-refractivity contribution in [1.29, 1.82) is 0 Å². The predicted molar refractivity (Wildman–Crippen MR) is 96.1 cm³/mol. The standard InChI is InChI=1S/C18H19N3O2S/c19-17(23)15-8-11-24-18(15)20-16(22)12-21-9-6-14(7-10-21)13-4-2-1-3-5-13/h1-6,8,11H,7,9-10,12H2,(H2,19,23)(H,20,22)/p+1. The Hall–Kier alpha value is -2.44. The molecule has 0 saturated carbocycles. The molecule has 24 heavy (non-hydrogen) atoms. The number of hydrogen-bond donors (Lipinski definition) is 3. The summed E-state index contributed by atoms with van der Waals surface area (Å²) >= 11 is 1.31. The summed E-state index contributed by atoms with van der Waals surface area (Å²) in [5, 5.41) is 5.08. The Morgan fingerprint density at radius 1 is 1.21 bits per heavy atom. The lowest BCUT2D eigenvalue weighted by atomic mass is 10.00. The Morgan fingerprint density at radius 2 is 2.00 bits per heavy atom. The molecule has 0 saturated heterocycles. The van der Waals surface area contributed by atoms with Crippen LogP contribution >= 0.6 is 11.3 Å². The van der Waals surface area contributed by atoms with Gasteiger partial charge in [-0.15, -0.1) is 11.3 Å². The van der Waals surface area contributed by atoms with Crippen LogP contribution in [0, 0.1) is 0 Å². The first-order chi connectivity index (χ1) is 11.6. The number of amides is 2. The minimum Gasteiger partial charge on any atom is -0.366 e. The van der Waals surface area contributed by atoms with Crippen LogP contribution in [0.1, 0.15) is 22.3 Å². The SMILES string of the molecule is NC(=O)c1ccsc1NC(=O)C[NH+]1CC=C(c2ccccc2)CC1. The molecule has 4 N–H and O–H groups in total. The van der Waals surface area contributed by atoms with E-state index < -0.39 is 5.91 Å². The second kappa shape index (κ2) is 7.42. The van der Waals surface area contributed by atoms with E-state index in [1.54, 1.807) is 11.4 Å². The van der Waals surface area contributed by atoms with Gasteiger partial charge in [-0.1, -0.05) is 30.3 Å². The Kier molecular flexibility index (Phi) is 5.08. The largest absolute Gasteiger partial charge is 0.366 e. The number of nitrogens with two attached hydrogens (primary N) is 1. The van der Waals surface area contributed by atoms with Gasteiger partial charge in [0.25, 0.3) is 11.8 Å². The van der Waals surface area contributed by atoms with Crippen molar-refractivity contribution >= 4 is 33.7 Å². The highest BCUT2D eigenvalue weighted by atomic mass is 32.1. The molecule has 1 aliphatic heterocycles. The maximum atomic E-state index is 12.2. The van der Waals surface area contributed by atoms with Crippen LogP contribution in [0.25, 0.3) is 5.57 Å². The van der Waals surface area contributed by atoms with Crippen molar-refractivity contribution in [3.63, 3.8) is 0 Å². The maximum Gasteiger partial charge on any atom is 0.280 e. The van der Waals surface area contributed by atoms with E-state index in [-0.39, 0.29) is 5.91 Å². The Bertz CT molecular complexity index is 768. The summed E-state index contributed by atoms with van der Waals surface area (Å²) in [5.74, 6) is -0.612. The van der Waals surface area contributed by atoms with Crippen LogP contribution in [0.5, 0.6) is 0 Å². The molecule has 6 heteroatoms. The molecule has 1 aliphatic rings. The van der Waals surface area contributed by atoms with Gasteiger partial charge in [0.2, 0.25) is 0 Å². The minimum atomic E-state index is -0.521. The molecule has 0 bridgehead atoms. The minimum absolute atomic E-state index is 0.0912. The fourth-order valence-corrected chi connectivity index (χ4v) is 3.66. The molecular formula is C18H20N3O2S+. The zero-order valence-electron chi connectivity index (χ0n) is 13.2. The van der Waals surface area contributed by atoms with Crippen LogP contribution < -0.4 is 16.0 Å². The van der Waals surface area contributed by atoms with Gasteiger partial charge in [-0.25, -0.2) is 0 Å². The van der Waals surface area contributed by atoms with Crippen molar-refractivity contribution in [2.24, 2.45) is 5.73 Å². The summed E-state index contributed by atoms with van der Waals surface area (Å²) in [4.78, 5) is 24.7. The molecule has 5 nitrogen and oxygen atoms in total. The number of carbonyl (C=O) groups excluding carboxylic acids is 2. The summed E-state index contributed by atoms with van der Waals surface area (Å²) in [6.45, 7) is 2.13. The molecule has 1 aromatic heterocycles. The van der Waals surface area contributed by atoms with Crippen molar-refractivity contribution in [3.05, 3.63) is 59.0 Å². The molecule has 1 atom stereocenters. The van der Waals surface area contributed by atoms with Crippen LogP contribution in [0.3, 0.4) is 0 Å². The lowest BCUT2D eigenvalue weighted by Crippen LogP contribution is -3.13. The molecular weight excluding hydrogens is 322 g/mol. The van der Waals surface area contributed by atoms with E-state index in [1.807, 2.05) is 18.2 Å². The van der Waals surface area contributed by atoms with Gasteiger partial charge in [-0.3, -0.25) is 9.59 Å². The van der Waals surface area contributed by atoms with Gasteiger partial charge in [-0.05, 0) is 28.7 Å². The number of primary amides is 1.